The molecule has 2 unspecified atom stereocenters. The van der Waals surface area contributed by atoms with Crippen molar-refractivity contribution in [2.45, 2.75) is 82.8 Å². The van der Waals surface area contributed by atoms with Crippen molar-refractivity contribution in [3.63, 3.8) is 0 Å². The fourth-order valence-electron chi connectivity index (χ4n) is 3.58. The van der Waals surface area contributed by atoms with E-state index in [2.05, 4.69) is 0 Å². The molecule has 0 aromatic heterocycles. The summed E-state index contributed by atoms with van der Waals surface area (Å²) in [6.45, 7) is 1.73. The van der Waals surface area contributed by atoms with Gasteiger partial charge in [0.25, 0.3) is 0 Å². The van der Waals surface area contributed by atoms with Gasteiger partial charge in [0.2, 0.25) is 0 Å². The minimum atomic E-state index is -1.02. The quantitative estimate of drug-likeness (QED) is 0.315. The van der Waals surface area contributed by atoms with Crippen LogP contribution in [0, 0.1) is 11.1 Å². The maximum Gasteiger partial charge on any atom is 0.174 e. The predicted octanol–water partition coefficient (Wildman–Crippen LogP) is 4.76. The van der Waals surface area contributed by atoms with E-state index in [-0.39, 0.29) is 12.0 Å². The lowest BCUT2D eigenvalue weighted by Crippen LogP contribution is -2.32. The average Bonchev–Trinajstić information content (AvgIpc) is 2.45. The fourth-order valence-corrected chi connectivity index (χ4v) is 3.58. The monoisotopic (exact) mass is 281 g/mol. The first kappa shape index (κ1) is 15.5. The molecule has 114 valence electrons. The molecule has 2 nitrogen and oxygen atoms in total. The Kier molecular flexibility index (Phi) is 5.62. The summed E-state index contributed by atoms with van der Waals surface area (Å²) in [5.74, 6) is 0.121. The van der Waals surface area contributed by atoms with Crippen LogP contribution in [0.2, 0.25) is 0 Å². The highest BCUT2D eigenvalue weighted by molar-refractivity contribution is 5.66. The second-order valence-corrected chi connectivity index (χ2v) is 6.69. The van der Waals surface area contributed by atoms with Gasteiger partial charge in [0.05, 0.1) is 0 Å². The van der Waals surface area contributed by atoms with Gasteiger partial charge in [-0.15, -0.1) is 0 Å². The Hall–Kier alpha value is -0.860. The lowest BCUT2D eigenvalue weighted by molar-refractivity contribution is -0.500. The molecule has 2 rings (SSSR count). The van der Waals surface area contributed by atoms with E-state index in [1.165, 1.54) is 19.3 Å². The molecule has 0 amide bonds. The van der Waals surface area contributed by atoms with Crippen LogP contribution in [-0.4, -0.2) is 22.7 Å². The average molecular weight is 281 g/mol. The van der Waals surface area contributed by atoms with Crippen LogP contribution < -0.4 is 0 Å². The van der Waals surface area contributed by atoms with Gasteiger partial charge >= 0.3 is 0 Å². The molecule has 0 radical (unpaired) electrons. The molecule has 2 atom stereocenters. The standard InChI is InChI=1S/C17H28FNO/c1-17(18)13-7-5-9-15(17)10-6-8-14-19(20)16-11-3-2-4-12-16/h6,8,14-16H,2-5,7,9-13H2,1H3/b8-6+,19-14+. The molecule has 3 heteroatoms. The van der Waals surface area contributed by atoms with Crippen LogP contribution in [0.4, 0.5) is 4.39 Å². The van der Waals surface area contributed by atoms with E-state index in [4.69, 9.17) is 0 Å². The summed E-state index contributed by atoms with van der Waals surface area (Å²) in [5, 5.41) is 11.9. The van der Waals surface area contributed by atoms with Gasteiger partial charge in [-0.1, -0.05) is 25.3 Å². The third kappa shape index (κ3) is 4.32. The molecule has 2 aliphatic rings. The van der Waals surface area contributed by atoms with E-state index in [1.807, 2.05) is 12.2 Å². The molecule has 20 heavy (non-hydrogen) atoms. The number of hydroxylamine groups is 1. The van der Waals surface area contributed by atoms with Gasteiger partial charge in [0, 0.05) is 12.8 Å². The van der Waals surface area contributed by atoms with Crippen molar-refractivity contribution in [1.82, 2.24) is 0 Å². The van der Waals surface area contributed by atoms with Gasteiger partial charge < -0.3 is 5.21 Å². The first-order valence-corrected chi connectivity index (χ1v) is 8.24. The number of allylic oxidation sites excluding steroid dienone is 2. The predicted molar refractivity (Wildman–Crippen MR) is 81.8 cm³/mol. The van der Waals surface area contributed by atoms with Gasteiger partial charge in [-0.25, -0.2) is 9.13 Å². The van der Waals surface area contributed by atoms with Crippen LogP contribution in [0.3, 0.4) is 0 Å². The normalized spacial score (nSPS) is 33.7. The smallest absolute Gasteiger partial charge is 0.174 e. The largest absolute Gasteiger partial charge is 0.624 e. The van der Waals surface area contributed by atoms with Crippen LogP contribution in [0.25, 0.3) is 0 Å². The molecule has 0 N–H and O–H groups in total. The van der Waals surface area contributed by atoms with Crippen LogP contribution in [0.5, 0.6) is 0 Å². The highest BCUT2D eigenvalue weighted by Crippen LogP contribution is 2.38. The molecule has 0 saturated heterocycles. The minimum Gasteiger partial charge on any atom is -0.624 e. The summed E-state index contributed by atoms with van der Waals surface area (Å²) < 4.78 is 15.4. The maximum absolute atomic E-state index is 14.3. The highest BCUT2D eigenvalue weighted by Gasteiger charge is 2.35. The first-order chi connectivity index (χ1) is 9.59. The zero-order chi connectivity index (χ0) is 14.4. The van der Waals surface area contributed by atoms with Crippen molar-refractivity contribution >= 4 is 6.21 Å². The van der Waals surface area contributed by atoms with Crippen molar-refractivity contribution in [2.24, 2.45) is 5.92 Å². The summed E-state index contributed by atoms with van der Waals surface area (Å²) in [4.78, 5) is 0. The number of nitrogens with zero attached hydrogens (tertiary/aromatic N) is 1. The zero-order valence-electron chi connectivity index (χ0n) is 12.7. The van der Waals surface area contributed by atoms with E-state index >= 15 is 0 Å². The van der Waals surface area contributed by atoms with E-state index in [0.29, 0.717) is 6.42 Å². The number of halogens is 1. The minimum absolute atomic E-state index is 0.121. The molecule has 0 aliphatic heterocycles. The topological polar surface area (TPSA) is 26.1 Å². The van der Waals surface area contributed by atoms with Gasteiger partial charge in [0.1, 0.15) is 5.67 Å². The summed E-state index contributed by atoms with van der Waals surface area (Å²) >= 11 is 0. The molecular formula is C17H28FNO. The first-order valence-electron chi connectivity index (χ1n) is 8.24. The lowest BCUT2D eigenvalue weighted by atomic mass is 9.76. The maximum atomic E-state index is 14.3. The molecule has 0 aromatic rings. The number of hydrogen-bond acceptors (Lipinski definition) is 1. The van der Waals surface area contributed by atoms with Gasteiger partial charge in [-0.2, -0.15) is 0 Å². The molecule has 2 saturated carbocycles. The molecule has 2 fully saturated rings. The molecule has 0 bridgehead atoms. The van der Waals surface area contributed by atoms with Gasteiger partial charge in [0.15, 0.2) is 12.3 Å². The molecule has 2 aliphatic carbocycles. The van der Waals surface area contributed by atoms with Crippen molar-refractivity contribution < 1.29 is 9.13 Å². The Morgan fingerprint density at radius 1 is 1.15 bits per heavy atom. The van der Waals surface area contributed by atoms with Crippen LogP contribution >= 0.6 is 0 Å². The van der Waals surface area contributed by atoms with Crippen molar-refractivity contribution in [2.75, 3.05) is 0 Å². The van der Waals surface area contributed by atoms with Crippen LogP contribution in [0.1, 0.15) is 71.1 Å². The van der Waals surface area contributed by atoms with E-state index in [1.54, 1.807) is 13.1 Å². The second kappa shape index (κ2) is 7.24. The number of rotatable bonds is 4. The number of hydrogen-bond donors (Lipinski definition) is 0. The SMILES string of the molecule is CC1(F)CCCCC1C/C=C/C=[N+](/[O-])C1CCCCC1. The van der Waals surface area contributed by atoms with Crippen molar-refractivity contribution in [3.05, 3.63) is 17.4 Å². The summed E-state index contributed by atoms with van der Waals surface area (Å²) in [6.07, 6.45) is 15.6. The molecule has 0 spiro atoms. The van der Waals surface area contributed by atoms with E-state index in [9.17, 15) is 9.60 Å². The Labute approximate surface area is 122 Å². The molecule has 0 aromatic carbocycles. The zero-order valence-corrected chi connectivity index (χ0v) is 12.7. The molecule has 0 heterocycles. The Morgan fingerprint density at radius 2 is 1.85 bits per heavy atom. The third-order valence-corrected chi connectivity index (χ3v) is 5.04. The van der Waals surface area contributed by atoms with Gasteiger partial charge in [-0.3, -0.25) is 0 Å². The highest BCUT2D eigenvalue weighted by atomic mass is 19.1. The summed E-state index contributed by atoms with van der Waals surface area (Å²) in [6, 6.07) is 0.162. The Morgan fingerprint density at radius 3 is 2.55 bits per heavy atom. The van der Waals surface area contributed by atoms with Gasteiger partial charge in [-0.05, 0) is 51.0 Å². The van der Waals surface area contributed by atoms with Crippen molar-refractivity contribution in [1.29, 1.82) is 0 Å². The Balaban J connectivity index is 1.80. The van der Waals surface area contributed by atoms with E-state index < -0.39 is 5.67 Å². The van der Waals surface area contributed by atoms with E-state index in [0.717, 1.165) is 43.3 Å². The fraction of sp³-hybridized carbons (Fsp3) is 0.824. The summed E-state index contributed by atoms with van der Waals surface area (Å²) in [7, 11) is 0. The third-order valence-electron chi connectivity index (χ3n) is 5.04. The summed E-state index contributed by atoms with van der Waals surface area (Å²) in [5.41, 5.74) is -1.02. The lowest BCUT2D eigenvalue weighted by Gasteiger charge is -2.34. The van der Waals surface area contributed by atoms with Crippen LogP contribution in [-0.2, 0) is 0 Å². The van der Waals surface area contributed by atoms with Crippen LogP contribution in [0.15, 0.2) is 12.2 Å². The second-order valence-electron chi connectivity index (χ2n) is 6.69. The Bertz CT molecular complexity index is 356. The molecular weight excluding hydrogens is 253 g/mol. The number of alkyl halides is 1. The van der Waals surface area contributed by atoms with Crippen molar-refractivity contribution in [3.8, 4) is 0 Å².